The fourth-order valence-electron chi connectivity index (χ4n) is 3.36. The highest BCUT2D eigenvalue weighted by Gasteiger charge is 2.35. The monoisotopic (exact) mass is 459 g/mol. The Bertz CT molecular complexity index is 897. The topological polar surface area (TPSA) is 61.4 Å². The highest BCUT2D eigenvalue weighted by Crippen LogP contribution is 2.36. The van der Waals surface area contributed by atoms with E-state index in [0.29, 0.717) is 31.5 Å². The standard InChI is InChI=1S/C20H21ClF3N3O2S/c1-12(18(28)26-17-3-2-14(21)10-16(17)20(22,23)24)27-7-4-15(5-8-27)25-19(29)13-6-9-30-11-13/h2-3,6,9-12,15H,4-5,7-8H2,1H3,(H,25,29)(H,26,28). The van der Waals surface area contributed by atoms with Gasteiger partial charge in [-0.2, -0.15) is 24.5 Å². The molecule has 1 atom stereocenters. The second-order valence-electron chi connectivity index (χ2n) is 7.15. The minimum Gasteiger partial charge on any atom is -0.349 e. The molecule has 2 amide bonds. The van der Waals surface area contributed by atoms with Gasteiger partial charge in [-0.25, -0.2) is 0 Å². The summed E-state index contributed by atoms with van der Waals surface area (Å²) in [5, 5.41) is 8.92. The van der Waals surface area contributed by atoms with Crippen LogP contribution in [-0.2, 0) is 11.0 Å². The van der Waals surface area contributed by atoms with Crippen LogP contribution in [0.3, 0.4) is 0 Å². The maximum Gasteiger partial charge on any atom is 0.418 e. The van der Waals surface area contributed by atoms with E-state index in [1.54, 1.807) is 18.4 Å². The molecule has 1 aliphatic heterocycles. The number of nitrogens with zero attached hydrogens (tertiary/aromatic N) is 1. The van der Waals surface area contributed by atoms with E-state index in [0.717, 1.165) is 12.1 Å². The zero-order valence-electron chi connectivity index (χ0n) is 16.1. The van der Waals surface area contributed by atoms with Gasteiger partial charge in [0.05, 0.1) is 17.3 Å². The summed E-state index contributed by atoms with van der Waals surface area (Å²) in [5.41, 5.74) is -0.675. The summed E-state index contributed by atoms with van der Waals surface area (Å²) in [5.74, 6) is -0.647. The van der Waals surface area contributed by atoms with Crippen LogP contribution in [0.2, 0.25) is 5.02 Å². The number of piperidine rings is 1. The van der Waals surface area contributed by atoms with Gasteiger partial charge < -0.3 is 10.6 Å². The van der Waals surface area contributed by atoms with Gasteiger partial charge in [0.1, 0.15) is 0 Å². The predicted molar refractivity (Wildman–Crippen MR) is 111 cm³/mol. The molecule has 3 rings (SSSR count). The number of hydrogen-bond acceptors (Lipinski definition) is 4. The van der Waals surface area contributed by atoms with Crippen molar-refractivity contribution in [3.8, 4) is 0 Å². The van der Waals surface area contributed by atoms with Crippen LogP contribution in [0.5, 0.6) is 0 Å². The maximum atomic E-state index is 13.2. The average Bonchev–Trinajstić information content (AvgIpc) is 3.23. The summed E-state index contributed by atoms with van der Waals surface area (Å²) in [6, 6.07) is 4.39. The Labute approximate surface area is 181 Å². The SMILES string of the molecule is CC(C(=O)Nc1ccc(Cl)cc1C(F)(F)F)N1CCC(NC(=O)c2ccsc2)CC1. The number of alkyl halides is 3. The van der Waals surface area contributed by atoms with Gasteiger partial charge in [0.2, 0.25) is 5.91 Å². The number of amides is 2. The number of hydrogen-bond donors (Lipinski definition) is 2. The van der Waals surface area contributed by atoms with E-state index >= 15 is 0 Å². The predicted octanol–water partition coefficient (Wildman–Crippen LogP) is 4.64. The lowest BCUT2D eigenvalue weighted by molar-refractivity contribution is -0.137. The van der Waals surface area contributed by atoms with Crippen molar-refractivity contribution in [2.45, 2.75) is 38.0 Å². The Morgan fingerprint density at radius 2 is 1.93 bits per heavy atom. The summed E-state index contributed by atoms with van der Waals surface area (Å²) < 4.78 is 39.7. The summed E-state index contributed by atoms with van der Waals surface area (Å²) in [6.07, 6.45) is -3.32. The molecule has 1 aliphatic rings. The van der Waals surface area contributed by atoms with Gasteiger partial charge in [0.15, 0.2) is 0 Å². The number of rotatable bonds is 5. The zero-order chi connectivity index (χ0) is 21.9. The van der Waals surface area contributed by atoms with Gasteiger partial charge in [0, 0.05) is 35.1 Å². The maximum absolute atomic E-state index is 13.2. The van der Waals surface area contributed by atoms with E-state index in [9.17, 15) is 22.8 Å². The molecule has 1 fully saturated rings. The van der Waals surface area contributed by atoms with Gasteiger partial charge in [-0.05, 0) is 49.4 Å². The van der Waals surface area contributed by atoms with Crippen molar-refractivity contribution in [3.63, 3.8) is 0 Å². The molecule has 1 saturated heterocycles. The van der Waals surface area contributed by atoms with E-state index in [1.165, 1.54) is 17.4 Å². The van der Waals surface area contributed by atoms with Crippen LogP contribution >= 0.6 is 22.9 Å². The summed E-state index contributed by atoms with van der Waals surface area (Å²) in [6.45, 7) is 2.76. The molecular formula is C20H21ClF3N3O2S. The van der Waals surface area contributed by atoms with Crippen molar-refractivity contribution in [2.75, 3.05) is 18.4 Å². The number of carbonyl (C=O) groups excluding carboxylic acids is 2. The van der Waals surface area contributed by atoms with Crippen LogP contribution in [-0.4, -0.2) is 41.9 Å². The summed E-state index contributed by atoms with van der Waals surface area (Å²) in [4.78, 5) is 26.6. The first-order valence-corrected chi connectivity index (χ1v) is 10.7. The van der Waals surface area contributed by atoms with Gasteiger partial charge in [-0.15, -0.1) is 0 Å². The summed E-state index contributed by atoms with van der Waals surface area (Å²) in [7, 11) is 0. The number of thiophene rings is 1. The fourth-order valence-corrected chi connectivity index (χ4v) is 4.16. The molecule has 0 aliphatic carbocycles. The molecule has 0 spiro atoms. The highest BCUT2D eigenvalue weighted by atomic mass is 35.5. The lowest BCUT2D eigenvalue weighted by atomic mass is 10.0. The normalized spacial score (nSPS) is 16.8. The van der Waals surface area contributed by atoms with E-state index < -0.39 is 23.7 Å². The number of anilines is 1. The van der Waals surface area contributed by atoms with Crippen LogP contribution in [0, 0.1) is 0 Å². The molecular weight excluding hydrogens is 439 g/mol. The van der Waals surface area contributed by atoms with Crippen molar-refractivity contribution in [3.05, 3.63) is 51.2 Å². The Morgan fingerprint density at radius 1 is 1.23 bits per heavy atom. The molecule has 2 heterocycles. The van der Waals surface area contributed by atoms with Crippen molar-refractivity contribution < 1.29 is 22.8 Å². The van der Waals surface area contributed by atoms with Crippen LogP contribution in [0.1, 0.15) is 35.7 Å². The molecule has 1 aromatic carbocycles. The van der Waals surface area contributed by atoms with Gasteiger partial charge in [-0.3, -0.25) is 14.5 Å². The van der Waals surface area contributed by atoms with Crippen LogP contribution in [0.4, 0.5) is 18.9 Å². The molecule has 2 N–H and O–H groups in total. The Hall–Kier alpha value is -2.10. The molecule has 1 unspecified atom stereocenters. The van der Waals surface area contributed by atoms with E-state index in [-0.39, 0.29) is 22.7 Å². The smallest absolute Gasteiger partial charge is 0.349 e. The number of carbonyl (C=O) groups is 2. The van der Waals surface area contributed by atoms with Crippen LogP contribution in [0.15, 0.2) is 35.0 Å². The van der Waals surface area contributed by atoms with Crippen LogP contribution in [0.25, 0.3) is 0 Å². The average molecular weight is 460 g/mol. The first-order valence-electron chi connectivity index (χ1n) is 9.40. The Balaban J connectivity index is 1.56. The van der Waals surface area contributed by atoms with Gasteiger partial charge in [-0.1, -0.05) is 11.6 Å². The molecule has 0 saturated carbocycles. The first kappa shape index (κ1) is 22.6. The lowest BCUT2D eigenvalue weighted by Gasteiger charge is -2.35. The Kier molecular flexibility index (Phi) is 7.05. The van der Waals surface area contributed by atoms with Gasteiger partial charge in [0.25, 0.3) is 5.91 Å². The number of nitrogens with one attached hydrogen (secondary N) is 2. The number of halogens is 4. The van der Waals surface area contributed by atoms with Crippen molar-refractivity contribution in [2.24, 2.45) is 0 Å². The highest BCUT2D eigenvalue weighted by molar-refractivity contribution is 7.08. The molecule has 10 heteroatoms. The second-order valence-corrected chi connectivity index (χ2v) is 8.37. The minimum atomic E-state index is -4.63. The van der Waals surface area contributed by atoms with Crippen molar-refractivity contribution in [1.82, 2.24) is 10.2 Å². The quantitative estimate of drug-likeness (QED) is 0.684. The number of benzene rings is 1. The van der Waals surface area contributed by atoms with Crippen molar-refractivity contribution in [1.29, 1.82) is 0 Å². The molecule has 1 aromatic heterocycles. The minimum absolute atomic E-state index is 0.00277. The largest absolute Gasteiger partial charge is 0.418 e. The number of likely N-dealkylation sites (tertiary alicyclic amines) is 1. The van der Waals surface area contributed by atoms with Crippen molar-refractivity contribution >= 4 is 40.4 Å². The van der Waals surface area contributed by atoms with Gasteiger partial charge >= 0.3 is 6.18 Å². The first-order chi connectivity index (χ1) is 14.1. The molecule has 0 bridgehead atoms. The molecule has 162 valence electrons. The van der Waals surface area contributed by atoms with Crippen LogP contribution < -0.4 is 10.6 Å². The molecule has 2 aromatic rings. The second kappa shape index (κ2) is 9.36. The molecule has 5 nitrogen and oxygen atoms in total. The van der Waals surface area contributed by atoms with E-state index in [1.807, 2.05) is 10.3 Å². The lowest BCUT2D eigenvalue weighted by Crippen LogP contribution is -2.50. The molecule has 30 heavy (non-hydrogen) atoms. The van der Waals surface area contributed by atoms with E-state index in [4.69, 9.17) is 11.6 Å². The zero-order valence-corrected chi connectivity index (χ0v) is 17.7. The third-order valence-corrected chi connectivity index (χ3v) is 6.04. The fraction of sp³-hybridized carbons (Fsp3) is 0.400. The van der Waals surface area contributed by atoms with E-state index in [2.05, 4.69) is 10.6 Å². The third kappa shape index (κ3) is 5.53. The third-order valence-electron chi connectivity index (χ3n) is 5.12. The summed E-state index contributed by atoms with van der Waals surface area (Å²) >= 11 is 7.13. The molecule has 0 radical (unpaired) electrons. The Morgan fingerprint density at radius 3 is 2.53 bits per heavy atom.